The van der Waals surface area contributed by atoms with Crippen LogP contribution >= 0.6 is 0 Å². The molecule has 1 aromatic carbocycles. The second-order valence-electron chi connectivity index (χ2n) is 4.47. The summed E-state index contributed by atoms with van der Waals surface area (Å²) in [5.41, 5.74) is 6.43. The highest BCUT2D eigenvalue weighted by molar-refractivity contribution is 5.43. The van der Waals surface area contributed by atoms with Crippen molar-refractivity contribution >= 4 is 5.69 Å². The van der Waals surface area contributed by atoms with Gasteiger partial charge in [-0.3, -0.25) is 0 Å². The number of likely N-dealkylation sites (tertiary alicyclic amines) is 1. The van der Waals surface area contributed by atoms with Crippen molar-refractivity contribution in [1.82, 2.24) is 4.90 Å². The van der Waals surface area contributed by atoms with Crippen molar-refractivity contribution in [2.24, 2.45) is 0 Å². The SMILES string of the molecule is COC(C)(Oc1cccc(N)c1)N1CCCC1. The van der Waals surface area contributed by atoms with E-state index < -0.39 is 5.91 Å². The lowest BCUT2D eigenvalue weighted by Gasteiger charge is -2.36. The quantitative estimate of drug-likeness (QED) is 0.642. The standard InChI is InChI=1S/C13H20N2O2/c1-13(16-2,15-8-3-4-9-15)17-12-7-5-6-11(14)10-12/h5-7,10H,3-4,8-9,14H2,1-2H3. The molecule has 0 amide bonds. The predicted octanol–water partition coefficient (Wildman–Crippen LogP) is 2.06. The average molecular weight is 236 g/mol. The van der Waals surface area contributed by atoms with Crippen molar-refractivity contribution < 1.29 is 9.47 Å². The van der Waals surface area contributed by atoms with Crippen LogP contribution in [0.3, 0.4) is 0 Å². The molecule has 0 radical (unpaired) electrons. The van der Waals surface area contributed by atoms with Gasteiger partial charge in [0, 0.05) is 38.9 Å². The van der Waals surface area contributed by atoms with Crippen molar-refractivity contribution in [1.29, 1.82) is 0 Å². The number of hydrogen-bond acceptors (Lipinski definition) is 4. The molecule has 1 heterocycles. The topological polar surface area (TPSA) is 47.7 Å². The molecule has 4 nitrogen and oxygen atoms in total. The first kappa shape index (κ1) is 12.2. The molecule has 17 heavy (non-hydrogen) atoms. The molecule has 1 aliphatic rings. The summed E-state index contributed by atoms with van der Waals surface area (Å²) in [6, 6.07) is 7.43. The summed E-state index contributed by atoms with van der Waals surface area (Å²) in [5.74, 6) is 0.0332. The molecule has 1 unspecified atom stereocenters. The summed E-state index contributed by atoms with van der Waals surface area (Å²) in [6.07, 6.45) is 2.39. The Bertz CT molecular complexity index is 377. The van der Waals surface area contributed by atoms with Crippen molar-refractivity contribution in [2.45, 2.75) is 25.7 Å². The van der Waals surface area contributed by atoms with Gasteiger partial charge in [0.15, 0.2) is 0 Å². The van der Waals surface area contributed by atoms with Gasteiger partial charge in [0.25, 0.3) is 5.91 Å². The first-order chi connectivity index (χ1) is 8.14. The molecule has 2 N–H and O–H groups in total. The molecule has 1 fully saturated rings. The number of benzene rings is 1. The predicted molar refractivity (Wildman–Crippen MR) is 67.7 cm³/mol. The van der Waals surface area contributed by atoms with Crippen LogP contribution in [0.25, 0.3) is 0 Å². The molecule has 94 valence electrons. The van der Waals surface area contributed by atoms with Crippen molar-refractivity contribution in [2.75, 3.05) is 25.9 Å². The Hall–Kier alpha value is -1.26. The van der Waals surface area contributed by atoms with Gasteiger partial charge in [-0.2, -0.15) is 0 Å². The molecule has 0 aromatic heterocycles. The highest BCUT2D eigenvalue weighted by Gasteiger charge is 2.35. The van der Waals surface area contributed by atoms with E-state index in [0.29, 0.717) is 5.69 Å². The minimum absolute atomic E-state index is 0.697. The van der Waals surface area contributed by atoms with Gasteiger partial charge in [0.2, 0.25) is 0 Å². The Morgan fingerprint density at radius 3 is 2.59 bits per heavy atom. The Morgan fingerprint density at radius 1 is 1.29 bits per heavy atom. The number of nitrogens with two attached hydrogens (primary N) is 1. The molecule has 1 saturated heterocycles. The fraction of sp³-hybridized carbons (Fsp3) is 0.538. The molecule has 1 atom stereocenters. The van der Waals surface area contributed by atoms with Crippen molar-refractivity contribution in [3.8, 4) is 5.75 Å². The smallest absolute Gasteiger partial charge is 0.269 e. The molecule has 1 aromatic rings. The Labute approximate surface area is 102 Å². The second-order valence-corrected chi connectivity index (χ2v) is 4.47. The number of ether oxygens (including phenoxy) is 2. The van der Waals surface area contributed by atoms with Gasteiger partial charge in [0.1, 0.15) is 5.75 Å². The third kappa shape index (κ3) is 2.70. The Kier molecular flexibility index (Phi) is 3.54. The number of hydrogen-bond donors (Lipinski definition) is 1. The third-order valence-corrected chi connectivity index (χ3v) is 3.22. The van der Waals surface area contributed by atoms with Crippen LogP contribution in [0.2, 0.25) is 0 Å². The molecule has 1 aliphatic heterocycles. The van der Waals surface area contributed by atoms with Crippen LogP contribution in [0.15, 0.2) is 24.3 Å². The van der Waals surface area contributed by atoms with E-state index in [0.717, 1.165) is 18.8 Å². The number of nitrogen functional groups attached to an aromatic ring is 1. The molecular weight excluding hydrogens is 216 g/mol. The van der Waals surface area contributed by atoms with E-state index in [2.05, 4.69) is 4.90 Å². The van der Waals surface area contributed by atoms with Gasteiger partial charge >= 0.3 is 0 Å². The summed E-state index contributed by atoms with van der Waals surface area (Å²) in [7, 11) is 1.67. The van der Waals surface area contributed by atoms with E-state index in [-0.39, 0.29) is 0 Å². The van der Waals surface area contributed by atoms with Crippen LogP contribution in [-0.4, -0.2) is 31.0 Å². The van der Waals surface area contributed by atoms with Crippen LogP contribution in [0.4, 0.5) is 5.69 Å². The van der Waals surface area contributed by atoms with E-state index in [9.17, 15) is 0 Å². The average Bonchev–Trinajstić information content (AvgIpc) is 2.83. The number of nitrogens with zero attached hydrogens (tertiary/aromatic N) is 1. The van der Waals surface area contributed by atoms with Crippen molar-refractivity contribution in [3.05, 3.63) is 24.3 Å². The molecule has 2 rings (SSSR count). The summed E-state index contributed by atoms with van der Waals surface area (Å²) >= 11 is 0. The first-order valence-electron chi connectivity index (χ1n) is 5.99. The lowest BCUT2D eigenvalue weighted by molar-refractivity contribution is -0.242. The fourth-order valence-corrected chi connectivity index (χ4v) is 2.16. The first-order valence-corrected chi connectivity index (χ1v) is 5.99. The highest BCUT2D eigenvalue weighted by atomic mass is 16.7. The molecule has 0 aliphatic carbocycles. The zero-order chi connectivity index (χ0) is 12.3. The normalized spacial score (nSPS) is 20.1. The summed E-state index contributed by atoms with van der Waals surface area (Å²) < 4.78 is 11.5. The van der Waals surface area contributed by atoms with Crippen LogP contribution in [0, 0.1) is 0 Å². The molecule has 0 bridgehead atoms. The molecular formula is C13H20N2O2. The maximum absolute atomic E-state index is 5.94. The van der Waals surface area contributed by atoms with Crippen LogP contribution < -0.4 is 10.5 Å². The lowest BCUT2D eigenvalue weighted by atomic mass is 10.3. The van der Waals surface area contributed by atoms with Gasteiger partial charge in [-0.1, -0.05) is 6.07 Å². The monoisotopic (exact) mass is 236 g/mol. The molecule has 0 saturated carbocycles. The van der Waals surface area contributed by atoms with Gasteiger partial charge < -0.3 is 15.2 Å². The van der Waals surface area contributed by atoms with E-state index in [1.165, 1.54) is 12.8 Å². The fourth-order valence-electron chi connectivity index (χ4n) is 2.16. The third-order valence-electron chi connectivity index (χ3n) is 3.22. The Morgan fingerprint density at radius 2 is 2.00 bits per heavy atom. The maximum atomic E-state index is 5.94. The van der Waals surface area contributed by atoms with Crippen LogP contribution in [-0.2, 0) is 4.74 Å². The lowest BCUT2D eigenvalue weighted by Crippen LogP contribution is -2.51. The highest BCUT2D eigenvalue weighted by Crippen LogP contribution is 2.27. The van der Waals surface area contributed by atoms with Gasteiger partial charge in [-0.25, -0.2) is 4.90 Å². The largest absolute Gasteiger partial charge is 0.449 e. The van der Waals surface area contributed by atoms with Gasteiger partial charge in [-0.05, 0) is 25.0 Å². The maximum Gasteiger partial charge on any atom is 0.269 e. The van der Waals surface area contributed by atoms with Crippen LogP contribution in [0.5, 0.6) is 5.75 Å². The summed E-state index contributed by atoms with van der Waals surface area (Å²) in [5, 5.41) is 0. The molecule has 4 heteroatoms. The summed E-state index contributed by atoms with van der Waals surface area (Å²) in [6.45, 7) is 3.96. The number of methoxy groups -OCH3 is 1. The minimum atomic E-state index is -0.704. The van der Waals surface area contributed by atoms with E-state index in [1.807, 2.05) is 31.2 Å². The second kappa shape index (κ2) is 4.94. The molecule has 0 spiro atoms. The summed E-state index contributed by atoms with van der Waals surface area (Å²) in [4.78, 5) is 2.20. The van der Waals surface area contributed by atoms with E-state index >= 15 is 0 Å². The zero-order valence-corrected chi connectivity index (χ0v) is 10.5. The minimum Gasteiger partial charge on any atom is -0.449 e. The van der Waals surface area contributed by atoms with E-state index in [1.54, 1.807) is 7.11 Å². The number of anilines is 1. The Balaban J connectivity index is 2.13. The van der Waals surface area contributed by atoms with Gasteiger partial charge in [-0.15, -0.1) is 0 Å². The zero-order valence-electron chi connectivity index (χ0n) is 10.5. The van der Waals surface area contributed by atoms with Crippen molar-refractivity contribution in [3.63, 3.8) is 0 Å². The number of rotatable bonds is 4. The van der Waals surface area contributed by atoms with Crippen LogP contribution in [0.1, 0.15) is 19.8 Å². The van der Waals surface area contributed by atoms with E-state index in [4.69, 9.17) is 15.2 Å². The van der Waals surface area contributed by atoms with Gasteiger partial charge in [0.05, 0.1) is 0 Å².